The zero-order valence-electron chi connectivity index (χ0n) is 11.9. The van der Waals surface area contributed by atoms with Crippen LogP contribution in [0.3, 0.4) is 0 Å². The van der Waals surface area contributed by atoms with Gasteiger partial charge in [-0.2, -0.15) is 13.2 Å². The van der Waals surface area contributed by atoms with E-state index in [2.05, 4.69) is 9.97 Å². The van der Waals surface area contributed by atoms with Crippen LogP contribution in [0, 0.1) is 0 Å². The Morgan fingerprint density at radius 3 is 2.57 bits per heavy atom. The molecule has 23 heavy (non-hydrogen) atoms. The first kappa shape index (κ1) is 15.2. The first-order valence-corrected chi connectivity index (χ1v) is 6.69. The average Bonchev–Trinajstić information content (AvgIpc) is 2.95. The van der Waals surface area contributed by atoms with Crippen LogP contribution in [0.15, 0.2) is 41.3 Å². The van der Waals surface area contributed by atoms with Crippen molar-refractivity contribution in [2.45, 2.75) is 19.1 Å². The third kappa shape index (κ3) is 2.59. The highest BCUT2D eigenvalue weighted by Gasteiger charge is 2.33. The van der Waals surface area contributed by atoms with Gasteiger partial charge in [-0.05, 0) is 31.2 Å². The minimum atomic E-state index is -4.61. The summed E-state index contributed by atoms with van der Waals surface area (Å²) >= 11 is 0. The summed E-state index contributed by atoms with van der Waals surface area (Å²) in [7, 11) is 0. The Hall–Kier alpha value is -2.68. The summed E-state index contributed by atoms with van der Waals surface area (Å²) in [4.78, 5) is 20.4. The van der Waals surface area contributed by atoms with E-state index in [1.54, 1.807) is 19.1 Å². The quantitative estimate of drug-likeness (QED) is 0.781. The summed E-state index contributed by atoms with van der Waals surface area (Å²) in [5, 5.41) is 0. The van der Waals surface area contributed by atoms with Crippen LogP contribution in [-0.4, -0.2) is 18.9 Å². The Morgan fingerprint density at radius 2 is 1.91 bits per heavy atom. The van der Waals surface area contributed by atoms with Gasteiger partial charge in [-0.3, -0.25) is 4.40 Å². The molecular formula is C14H12F3N5O. The van der Waals surface area contributed by atoms with Crippen LogP contribution in [-0.2, 0) is 6.18 Å². The van der Waals surface area contributed by atoms with E-state index < -0.39 is 23.6 Å². The number of hydrogen-bond acceptors (Lipinski definition) is 4. The van der Waals surface area contributed by atoms with Crippen molar-refractivity contribution >= 4 is 5.65 Å². The summed E-state index contributed by atoms with van der Waals surface area (Å²) in [6.45, 7) is 1.59. The van der Waals surface area contributed by atoms with E-state index in [0.29, 0.717) is 5.65 Å². The van der Waals surface area contributed by atoms with Crippen molar-refractivity contribution in [1.29, 1.82) is 0 Å². The first-order chi connectivity index (χ1) is 10.8. The Bertz CT molecular complexity index is 926. The zero-order chi connectivity index (χ0) is 16.8. The molecule has 0 aliphatic carbocycles. The van der Waals surface area contributed by atoms with Crippen LogP contribution in [0.25, 0.3) is 11.5 Å². The lowest BCUT2D eigenvalue weighted by molar-refractivity contribution is -0.141. The number of rotatable bonds is 2. The second kappa shape index (κ2) is 5.20. The van der Waals surface area contributed by atoms with Crippen molar-refractivity contribution in [2.24, 2.45) is 5.73 Å². The fourth-order valence-electron chi connectivity index (χ4n) is 2.22. The molecule has 0 aromatic carbocycles. The third-order valence-electron chi connectivity index (χ3n) is 3.24. The van der Waals surface area contributed by atoms with Crippen molar-refractivity contribution in [2.75, 3.05) is 0 Å². The number of nitrogens with zero attached hydrogens (tertiary/aromatic N) is 4. The van der Waals surface area contributed by atoms with Crippen LogP contribution in [0.1, 0.15) is 24.5 Å². The zero-order valence-corrected chi connectivity index (χ0v) is 11.9. The minimum absolute atomic E-state index is 0.132. The third-order valence-corrected chi connectivity index (χ3v) is 3.24. The van der Waals surface area contributed by atoms with E-state index in [-0.39, 0.29) is 11.6 Å². The maximum Gasteiger partial charge on any atom is 0.433 e. The molecule has 0 saturated heterocycles. The van der Waals surface area contributed by atoms with E-state index in [4.69, 9.17) is 5.73 Å². The van der Waals surface area contributed by atoms with Gasteiger partial charge in [0.25, 0.3) is 0 Å². The van der Waals surface area contributed by atoms with Crippen LogP contribution < -0.4 is 11.4 Å². The van der Waals surface area contributed by atoms with Gasteiger partial charge >= 0.3 is 11.9 Å². The van der Waals surface area contributed by atoms with Crippen molar-refractivity contribution in [3.63, 3.8) is 0 Å². The van der Waals surface area contributed by atoms with Gasteiger partial charge in [-0.15, -0.1) is 0 Å². The number of halogens is 3. The molecule has 0 bridgehead atoms. The van der Waals surface area contributed by atoms with Crippen molar-refractivity contribution in [3.8, 4) is 5.82 Å². The molecule has 6 nitrogen and oxygen atoms in total. The average molecular weight is 323 g/mol. The fourth-order valence-corrected chi connectivity index (χ4v) is 2.22. The number of aromatic nitrogens is 4. The lowest BCUT2D eigenvalue weighted by Gasteiger charge is -2.15. The van der Waals surface area contributed by atoms with Crippen molar-refractivity contribution < 1.29 is 13.2 Å². The topological polar surface area (TPSA) is 78.2 Å². The van der Waals surface area contributed by atoms with Gasteiger partial charge in [-0.1, -0.05) is 6.07 Å². The van der Waals surface area contributed by atoms with Gasteiger partial charge in [0.05, 0.1) is 6.04 Å². The monoisotopic (exact) mass is 323 g/mol. The van der Waals surface area contributed by atoms with E-state index in [1.165, 1.54) is 22.7 Å². The molecule has 9 heteroatoms. The predicted molar refractivity (Wildman–Crippen MR) is 76.2 cm³/mol. The first-order valence-electron chi connectivity index (χ1n) is 6.69. The second-order valence-corrected chi connectivity index (χ2v) is 4.99. The van der Waals surface area contributed by atoms with E-state index >= 15 is 0 Å². The molecule has 0 radical (unpaired) electrons. The molecule has 0 spiro atoms. The SMILES string of the molecule is C[C@H](N)c1nc2cccn2c(=O)n1-c1cccc(C(F)(F)F)n1. The van der Waals surface area contributed by atoms with E-state index in [0.717, 1.165) is 10.6 Å². The molecule has 3 heterocycles. The molecule has 120 valence electrons. The number of hydrogen-bond donors (Lipinski definition) is 1. The molecular weight excluding hydrogens is 311 g/mol. The van der Waals surface area contributed by atoms with Gasteiger partial charge in [-0.25, -0.2) is 19.3 Å². The maximum absolute atomic E-state index is 12.9. The van der Waals surface area contributed by atoms with Crippen LogP contribution in [0.2, 0.25) is 0 Å². The number of pyridine rings is 1. The smallest absolute Gasteiger partial charge is 0.322 e. The molecule has 3 rings (SSSR count). The predicted octanol–water partition coefficient (Wildman–Crippen LogP) is 1.92. The summed E-state index contributed by atoms with van der Waals surface area (Å²) in [6, 6.07) is 5.87. The van der Waals surface area contributed by atoms with E-state index in [9.17, 15) is 18.0 Å². The normalized spacial score (nSPS) is 13.4. The molecule has 0 aliphatic rings. The van der Waals surface area contributed by atoms with Gasteiger partial charge in [0.1, 0.15) is 23.0 Å². The summed E-state index contributed by atoms with van der Waals surface area (Å²) in [6.07, 6.45) is -3.14. The van der Waals surface area contributed by atoms with Gasteiger partial charge in [0, 0.05) is 6.20 Å². The van der Waals surface area contributed by atoms with Crippen molar-refractivity contribution in [1.82, 2.24) is 18.9 Å². The lowest BCUT2D eigenvalue weighted by Crippen LogP contribution is -2.32. The van der Waals surface area contributed by atoms with Crippen LogP contribution >= 0.6 is 0 Å². The Balaban J connectivity index is 2.33. The van der Waals surface area contributed by atoms with E-state index in [1.807, 2.05) is 0 Å². The highest BCUT2D eigenvalue weighted by molar-refractivity contribution is 5.40. The number of fused-ring (bicyclic) bond motifs is 1. The van der Waals surface area contributed by atoms with Gasteiger partial charge in [0.2, 0.25) is 0 Å². The standard InChI is InChI=1S/C14H12F3N5O/c1-8(18)12-20-10-6-3-7-21(10)13(23)22(12)11-5-2-4-9(19-11)14(15,16)17/h2-8H,18H2,1H3/t8-/m0/s1. The number of alkyl halides is 3. The summed E-state index contributed by atoms with van der Waals surface area (Å²) in [5.74, 6) is -0.0479. The second-order valence-electron chi connectivity index (χ2n) is 4.99. The van der Waals surface area contributed by atoms with Gasteiger partial charge < -0.3 is 5.73 Å². The summed E-state index contributed by atoms with van der Waals surface area (Å²) < 4.78 is 40.8. The van der Waals surface area contributed by atoms with Crippen molar-refractivity contribution in [3.05, 3.63) is 58.5 Å². The highest BCUT2D eigenvalue weighted by atomic mass is 19.4. The highest BCUT2D eigenvalue weighted by Crippen LogP contribution is 2.28. The maximum atomic E-state index is 12.9. The summed E-state index contributed by atoms with van der Waals surface area (Å²) in [5.41, 5.74) is 4.51. The Labute approximate surface area is 128 Å². The molecule has 3 aromatic heterocycles. The molecule has 1 atom stereocenters. The molecule has 0 saturated carbocycles. The fraction of sp³-hybridized carbons (Fsp3) is 0.214. The van der Waals surface area contributed by atoms with Crippen LogP contribution in [0.4, 0.5) is 13.2 Å². The minimum Gasteiger partial charge on any atom is -0.322 e. The Morgan fingerprint density at radius 1 is 1.17 bits per heavy atom. The molecule has 0 amide bonds. The molecule has 3 aromatic rings. The largest absolute Gasteiger partial charge is 0.433 e. The molecule has 0 fully saturated rings. The molecule has 0 unspecified atom stereocenters. The Kier molecular flexibility index (Phi) is 3.44. The van der Waals surface area contributed by atoms with Gasteiger partial charge in [0.15, 0.2) is 0 Å². The molecule has 0 aliphatic heterocycles. The molecule has 2 N–H and O–H groups in total. The number of nitrogens with two attached hydrogens (primary N) is 1. The van der Waals surface area contributed by atoms with Crippen LogP contribution in [0.5, 0.6) is 0 Å². The lowest BCUT2D eigenvalue weighted by atomic mass is 10.3.